The van der Waals surface area contributed by atoms with Crippen molar-refractivity contribution in [1.29, 1.82) is 0 Å². The zero-order chi connectivity index (χ0) is 15.9. The molecule has 1 amide bonds. The molecule has 6 heteroatoms. The molecular formula is C16H19ClN2O3. The van der Waals surface area contributed by atoms with E-state index < -0.39 is 10.8 Å². The first-order valence-corrected chi connectivity index (χ1v) is 8.08. The highest BCUT2D eigenvalue weighted by atomic mass is 35.5. The zero-order valence-electron chi connectivity index (χ0n) is 12.4. The zero-order valence-corrected chi connectivity index (χ0v) is 13.2. The molecular weight excluding hydrogens is 304 g/mol. The summed E-state index contributed by atoms with van der Waals surface area (Å²) >= 11 is 5.78. The van der Waals surface area contributed by atoms with E-state index in [4.69, 9.17) is 11.6 Å². The number of hydrogen-bond donors (Lipinski definition) is 1. The van der Waals surface area contributed by atoms with Crippen molar-refractivity contribution in [2.45, 2.75) is 38.6 Å². The van der Waals surface area contributed by atoms with E-state index >= 15 is 0 Å². The van der Waals surface area contributed by atoms with Crippen molar-refractivity contribution in [1.82, 2.24) is 5.32 Å². The Kier molecular flexibility index (Phi) is 4.08. The Labute approximate surface area is 134 Å². The van der Waals surface area contributed by atoms with Gasteiger partial charge in [0.1, 0.15) is 5.56 Å². The first kappa shape index (κ1) is 15.3. The van der Waals surface area contributed by atoms with Gasteiger partial charge in [0.2, 0.25) is 0 Å². The Bertz CT molecular complexity index is 619. The third-order valence-corrected chi connectivity index (χ3v) is 5.43. The molecule has 4 atom stereocenters. The fourth-order valence-corrected chi connectivity index (χ4v) is 4.31. The SMILES string of the molecule is CC(NC(=O)c1ccc(Cl)cc1[N+](=O)[O-])C1CC2CCC1C2. The Balaban J connectivity index is 1.73. The summed E-state index contributed by atoms with van der Waals surface area (Å²) < 4.78 is 0. The first-order valence-electron chi connectivity index (χ1n) is 7.70. The second kappa shape index (κ2) is 5.88. The Hall–Kier alpha value is -1.62. The minimum Gasteiger partial charge on any atom is -0.349 e. The molecule has 2 aliphatic rings. The summed E-state index contributed by atoms with van der Waals surface area (Å²) in [5.41, 5.74) is -0.172. The highest BCUT2D eigenvalue weighted by molar-refractivity contribution is 6.31. The van der Waals surface area contributed by atoms with Gasteiger partial charge in [-0.1, -0.05) is 18.0 Å². The van der Waals surface area contributed by atoms with Gasteiger partial charge in [-0.3, -0.25) is 14.9 Å². The van der Waals surface area contributed by atoms with Gasteiger partial charge in [-0.2, -0.15) is 0 Å². The number of halogens is 1. The number of nitro benzene ring substituents is 1. The summed E-state index contributed by atoms with van der Waals surface area (Å²) in [6, 6.07) is 4.19. The van der Waals surface area contributed by atoms with Crippen molar-refractivity contribution in [2.75, 3.05) is 0 Å². The lowest BCUT2D eigenvalue weighted by molar-refractivity contribution is -0.385. The van der Waals surface area contributed by atoms with Crippen molar-refractivity contribution in [2.24, 2.45) is 17.8 Å². The van der Waals surface area contributed by atoms with Crippen molar-refractivity contribution < 1.29 is 9.72 Å². The predicted molar refractivity (Wildman–Crippen MR) is 84.0 cm³/mol. The van der Waals surface area contributed by atoms with E-state index in [1.165, 1.54) is 37.5 Å². The fraction of sp³-hybridized carbons (Fsp3) is 0.562. The summed E-state index contributed by atoms with van der Waals surface area (Å²) in [4.78, 5) is 22.9. The van der Waals surface area contributed by atoms with Crippen LogP contribution in [-0.4, -0.2) is 16.9 Å². The van der Waals surface area contributed by atoms with Crippen LogP contribution >= 0.6 is 11.6 Å². The smallest absolute Gasteiger partial charge is 0.283 e. The van der Waals surface area contributed by atoms with Gasteiger partial charge >= 0.3 is 0 Å². The quantitative estimate of drug-likeness (QED) is 0.677. The Morgan fingerprint density at radius 2 is 2.18 bits per heavy atom. The average Bonchev–Trinajstić information content (AvgIpc) is 3.09. The van der Waals surface area contributed by atoms with E-state index in [-0.39, 0.29) is 22.3 Å². The van der Waals surface area contributed by atoms with Gasteiger partial charge < -0.3 is 5.32 Å². The molecule has 1 N–H and O–H groups in total. The fourth-order valence-electron chi connectivity index (χ4n) is 4.15. The number of carbonyl (C=O) groups excluding carboxylic acids is 1. The molecule has 5 nitrogen and oxygen atoms in total. The maximum atomic E-state index is 12.4. The lowest BCUT2D eigenvalue weighted by Gasteiger charge is -2.28. The normalized spacial score (nSPS) is 27.6. The molecule has 4 unspecified atom stereocenters. The highest BCUT2D eigenvalue weighted by Gasteiger charge is 2.42. The van der Waals surface area contributed by atoms with Crippen LogP contribution in [0.2, 0.25) is 5.02 Å². The van der Waals surface area contributed by atoms with Gasteiger partial charge in [-0.05, 0) is 56.1 Å². The molecule has 0 aliphatic heterocycles. The molecule has 2 aliphatic carbocycles. The number of benzene rings is 1. The van der Waals surface area contributed by atoms with Gasteiger partial charge in [-0.15, -0.1) is 0 Å². The number of rotatable bonds is 4. The lowest BCUT2D eigenvalue weighted by atomic mass is 9.84. The summed E-state index contributed by atoms with van der Waals surface area (Å²) in [6.45, 7) is 2.00. The molecule has 3 rings (SSSR count). The number of amides is 1. The van der Waals surface area contributed by atoms with Crippen molar-refractivity contribution in [3.8, 4) is 0 Å². The molecule has 118 valence electrons. The van der Waals surface area contributed by atoms with Gasteiger partial charge in [0.25, 0.3) is 11.6 Å². The van der Waals surface area contributed by atoms with E-state index in [0.717, 1.165) is 12.3 Å². The monoisotopic (exact) mass is 322 g/mol. The Morgan fingerprint density at radius 3 is 2.77 bits per heavy atom. The molecule has 22 heavy (non-hydrogen) atoms. The summed E-state index contributed by atoms with van der Waals surface area (Å²) in [5, 5.41) is 14.3. The molecule has 0 saturated heterocycles. The number of fused-ring (bicyclic) bond motifs is 2. The number of carbonyl (C=O) groups is 1. The largest absolute Gasteiger partial charge is 0.349 e. The predicted octanol–water partition coefficient (Wildman–Crippen LogP) is 3.80. The molecule has 1 aromatic rings. The number of nitrogens with zero attached hydrogens (tertiary/aromatic N) is 1. The van der Waals surface area contributed by atoms with Crippen LogP contribution in [0.1, 0.15) is 43.0 Å². The summed E-state index contributed by atoms with van der Waals surface area (Å²) in [6.07, 6.45) is 4.99. The van der Waals surface area contributed by atoms with Gasteiger partial charge in [0.15, 0.2) is 0 Å². The molecule has 0 aromatic heterocycles. The van der Waals surface area contributed by atoms with Crippen molar-refractivity contribution in [3.05, 3.63) is 38.9 Å². The minimum absolute atomic E-state index is 0.0399. The Morgan fingerprint density at radius 1 is 1.41 bits per heavy atom. The van der Waals surface area contributed by atoms with E-state index in [0.29, 0.717) is 11.8 Å². The van der Waals surface area contributed by atoms with E-state index in [2.05, 4.69) is 5.32 Å². The van der Waals surface area contributed by atoms with Gasteiger partial charge in [-0.25, -0.2) is 0 Å². The van der Waals surface area contributed by atoms with E-state index in [1.54, 1.807) is 0 Å². The highest BCUT2D eigenvalue weighted by Crippen LogP contribution is 2.49. The number of nitrogens with one attached hydrogen (secondary N) is 1. The molecule has 2 saturated carbocycles. The average molecular weight is 323 g/mol. The summed E-state index contributed by atoms with van der Waals surface area (Å²) in [7, 11) is 0. The van der Waals surface area contributed by atoms with E-state index in [9.17, 15) is 14.9 Å². The van der Waals surface area contributed by atoms with Crippen molar-refractivity contribution >= 4 is 23.2 Å². The standard InChI is InChI=1S/C16H19ClN2O3/c1-9(14-7-10-2-3-11(14)6-10)18-16(20)13-5-4-12(17)8-15(13)19(21)22/h4-5,8-11,14H,2-3,6-7H2,1H3,(H,18,20). The minimum atomic E-state index is -0.566. The van der Waals surface area contributed by atoms with Crippen LogP contribution in [0.15, 0.2) is 18.2 Å². The molecule has 2 bridgehead atoms. The molecule has 0 radical (unpaired) electrons. The maximum Gasteiger partial charge on any atom is 0.283 e. The third kappa shape index (κ3) is 2.82. The summed E-state index contributed by atoms with van der Waals surface area (Å²) in [5.74, 6) is 1.60. The van der Waals surface area contributed by atoms with Crippen LogP contribution in [0.25, 0.3) is 0 Å². The second-order valence-corrected chi connectivity index (χ2v) is 6.96. The van der Waals surface area contributed by atoms with Crippen LogP contribution in [0, 0.1) is 27.9 Å². The van der Waals surface area contributed by atoms with Crippen LogP contribution < -0.4 is 5.32 Å². The van der Waals surface area contributed by atoms with Crippen LogP contribution in [-0.2, 0) is 0 Å². The third-order valence-electron chi connectivity index (χ3n) is 5.19. The van der Waals surface area contributed by atoms with Crippen LogP contribution in [0.5, 0.6) is 0 Å². The lowest BCUT2D eigenvalue weighted by Crippen LogP contribution is -2.40. The topological polar surface area (TPSA) is 72.2 Å². The van der Waals surface area contributed by atoms with Gasteiger partial charge in [0, 0.05) is 17.1 Å². The van der Waals surface area contributed by atoms with E-state index in [1.807, 2.05) is 6.92 Å². The molecule has 0 heterocycles. The number of hydrogen-bond acceptors (Lipinski definition) is 3. The maximum absolute atomic E-state index is 12.4. The van der Waals surface area contributed by atoms with Gasteiger partial charge in [0.05, 0.1) is 4.92 Å². The van der Waals surface area contributed by atoms with Crippen LogP contribution in [0.3, 0.4) is 0 Å². The number of nitro groups is 1. The van der Waals surface area contributed by atoms with Crippen LogP contribution in [0.4, 0.5) is 5.69 Å². The molecule has 0 spiro atoms. The molecule has 2 fully saturated rings. The molecule has 1 aromatic carbocycles. The van der Waals surface area contributed by atoms with Crippen molar-refractivity contribution in [3.63, 3.8) is 0 Å². The second-order valence-electron chi connectivity index (χ2n) is 6.52. The first-order chi connectivity index (χ1) is 10.5.